The number of nitrogens with zero attached hydrogens (tertiary/aromatic N) is 1. The molecule has 1 heteroatoms. The Morgan fingerprint density at radius 3 is 1.25 bits per heavy atom. The molecule has 0 fully saturated rings. The quantitative estimate of drug-likeness (QED) is 0.124. The third kappa shape index (κ3) is 6.22. The lowest BCUT2D eigenvalue weighted by atomic mass is 9.85. The van der Waals surface area contributed by atoms with Crippen LogP contribution in [0.25, 0.3) is 104 Å². The maximum atomic E-state index is 2.46. The van der Waals surface area contributed by atoms with Gasteiger partial charge in [0.25, 0.3) is 0 Å². The molecule has 0 bridgehead atoms. The number of para-hydroxylation sites is 2. The van der Waals surface area contributed by atoms with Crippen molar-refractivity contribution in [1.29, 1.82) is 0 Å². The van der Waals surface area contributed by atoms with Gasteiger partial charge in [0, 0.05) is 16.5 Å². The first-order chi connectivity index (χ1) is 29.5. The Balaban J connectivity index is 1.09. The molecule has 10 aromatic carbocycles. The minimum atomic E-state index is 0.106. The minimum Gasteiger partial charge on any atom is -0.309 e. The molecule has 11 aromatic rings. The van der Waals surface area contributed by atoms with E-state index in [1.165, 1.54) is 109 Å². The highest BCUT2D eigenvalue weighted by atomic mass is 15.0. The van der Waals surface area contributed by atoms with Crippen LogP contribution in [0.1, 0.15) is 52.7 Å². The van der Waals surface area contributed by atoms with E-state index in [1.54, 1.807) is 0 Å². The van der Waals surface area contributed by atoms with Gasteiger partial charge in [-0.3, -0.25) is 0 Å². The SMILES string of the molecule is CC(C)(C)c1ccc(-c2ccc3c(c2)c2cc(-c4ccc(C(C)(C)C)cc4)ccc2c2cc4c(-c5ccc(-n6c7ccccc7c7ccccc76)cc5)cccc4cc32)cc1. The summed E-state index contributed by atoms with van der Waals surface area (Å²) in [6.07, 6.45) is 0. The second kappa shape index (κ2) is 13.8. The van der Waals surface area contributed by atoms with Crippen LogP contribution in [0.4, 0.5) is 0 Å². The molecule has 1 aromatic heterocycles. The van der Waals surface area contributed by atoms with Crippen molar-refractivity contribution in [2.45, 2.75) is 52.4 Å². The Bertz CT molecular complexity index is 3440. The molecule has 1 nitrogen and oxygen atoms in total. The molecule has 0 N–H and O–H groups in total. The first-order valence-corrected chi connectivity index (χ1v) is 21.7. The molecule has 11 rings (SSSR count). The van der Waals surface area contributed by atoms with E-state index in [0.717, 1.165) is 5.69 Å². The number of rotatable bonds is 4. The lowest BCUT2D eigenvalue weighted by Crippen LogP contribution is -2.10. The van der Waals surface area contributed by atoms with Gasteiger partial charge in [0.15, 0.2) is 0 Å². The van der Waals surface area contributed by atoms with Crippen molar-refractivity contribution in [3.8, 4) is 39.1 Å². The first kappa shape index (κ1) is 37.1. The van der Waals surface area contributed by atoms with E-state index in [2.05, 4.69) is 234 Å². The fourth-order valence-electron chi connectivity index (χ4n) is 9.70. The molecule has 0 atom stereocenters. The smallest absolute Gasteiger partial charge is 0.0541 e. The average Bonchev–Trinajstić information content (AvgIpc) is 3.62. The van der Waals surface area contributed by atoms with E-state index in [9.17, 15) is 0 Å². The maximum Gasteiger partial charge on any atom is 0.0541 e. The zero-order chi connectivity index (χ0) is 41.6. The lowest BCUT2D eigenvalue weighted by molar-refractivity contribution is 0.590. The molecular weight excluding hydrogens is 735 g/mol. The molecule has 0 aliphatic carbocycles. The van der Waals surface area contributed by atoms with Crippen LogP contribution in [-0.4, -0.2) is 4.57 Å². The molecule has 1 heterocycles. The van der Waals surface area contributed by atoms with Crippen molar-refractivity contribution in [1.82, 2.24) is 4.57 Å². The molecule has 294 valence electrons. The maximum absolute atomic E-state index is 2.46. The average molecular weight is 784 g/mol. The van der Waals surface area contributed by atoms with E-state index in [-0.39, 0.29) is 10.8 Å². The summed E-state index contributed by atoms with van der Waals surface area (Å²) in [4.78, 5) is 0. The Hall–Kier alpha value is -6.96. The van der Waals surface area contributed by atoms with Crippen molar-refractivity contribution < 1.29 is 0 Å². The van der Waals surface area contributed by atoms with Gasteiger partial charge in [0.2, 0.25) is 0 Å². The van der Waals surface area contributed by atoms with Crippen LogP contribution in [0.15, 0.2) is 188 Å². The molecule has 0 radical (unpaired) electrons. The van der Waals surface area contributed by atoms with Crippen molar-refractivity contribution in [3.05, 3.63) is 199 Å². The Kier molecular flexibility index (Phi) is 8.38. The Labute approximate surface area is 358 Å². The number of hydrogen-bond acceptors (Lipinski definition) is 0. The summed E-state index contributed by atoms with van der Waals surface area (Å²) in [6.45, 7) is 13.7. The highest BCUT2D eigenvalue weighted by Gasteiger charge is 2.18. The van der Waals surface area contributed by atoms with Crippen molar-refractivity contribution in [2.75, 3.05) is 0 Å². The predicted octanol–water partition coefficient (Wildman–Crippen LogP) is 17.0. The summed E-state index contributed by atoms with van der Waals surface area (Å²) in [6, 6.07) is 70.8. The fourth-order valence-corrected chi connectivity index (χ4v) is 9.70. The molecule has 61 heavy (non-hydrogen) atoms. The molecule has 0 unspecified atom stereocenters. The van der Waals surface area contributed by atoms with E-state index >= 15 is 0 Å². The van der Waals surface area contributed by atoms with E-state index < -0.39 is 0 Å². The fraction of sp³-hybridized carbons (Fsp3) is 0.133. The highest BCUT2D eigenvalue weighted by molar-refractivity contribution is 6.28. The normalized spacial score (nSPS) is 12.4. The number of fused-ring (bicyclic) bond motifs is 10. The third-order valence-electron chi connectivity index (χ3n) is 13.1. The zero-order valence-electron chi connectivity index (χ0n) is 35.8. The Morgan fingerprint density at radius 1 is 0.295 bits per heavy atom. The van der Waals surface area contributed by atoms with E-state index in [1.807, 2.05) is 0 Å². The summed E-state index contributed by atoms with van der Waals surface area (Å²) >= 11 is 0. The van der Waals surface area contributed by atoms with Crippen molar-refractivity contribution in [3.63, 3.8) is 0 Å². The van der Waals surface area contributed by atoms with Gasteiger partial charge in [-0.2, -0.15) is 0 Å². The van der Waals surface area contributed by atoms with Crippen LogP contribution in [-0.2, 0) is 10.8 Å². The third-order valence-corrected chi connectivity index (χ3v) is 13.1. The number of benzene rings is 10. The van der Waals surface area contributed by atoms with Gasteiger partial charge in [0.1, 0.15) is 0 Å². The van der Waals surface area contributed by atoms with Gasteiger partial charge in [0.05, 0.1) is 11.0 Å². The van der Waals surface area contributed by atoms with Crippen LogP contribution in [0.3, 0.4) is 0 Å². The number of aromatic nitrogens is 1. The van der Waals surface area contributed by atoms with E-state index in [4.69, 9.17) is 0 Å². The number of hydrogen-bond donors (Lipinski definition) is 0. The highest BCUT2D eigenvalue weighted by Crippen LogP contribution is 2.43. The Morgan fingerprint density at radius 2 is 0.738 bits per heavy atom. The lowest BCUT2D eigenvalue weighted by Gasteiger charge is -2.20. The molecule has 0 amide bonds. The van der Waals surface area contributed by atoms with Crippen molar-refractivity contribution >= 4 is 64.9 Å². The molecule has 0 aliphatic rings. The monoisotopic (exact) mass is 783 g/mol. The predicted molar refractivity (Wildman–Crippen MR) is 265 cm³/mol. The molecule has 0 spiro atoms. The standard InChI is InChI=1S/C60H49N/c1-59(2,3)44-26-18-38(19-27-44)41-24-32-48-53(34-41)54-35-42(39-20-28-45(29-21-39)60(4,5)6)25-33-49(54)56-37-52-43(36-55(48)56)12-11-15-47(52)40-22-30-46(31-23-40)61-57-16-9-7-13-50(57)51-14-8-10-17-58(51)61/h7-37H,1-6H3. The second-order valence-corrected chi connectivity index (χ2v) is 19.0. The van der Waals surface area contributed by atoms with Gasteiger partial charge in [-0.15, -0.1) is 0 Å². The van der Waals surface area contributed by atoms with Crippen LogP contribution in [0, 0.1) is 0 Å². The topological polar surface area (TPSA) is 4.93 Å². The minimum absolute atomic E-state index is 0.106. The first-order valence-electron chi connectivity index (χ1n) is 21.7. The molecule has 0 aliphatic heterocycles. The van der Waals surface area contributed by atoms with Gasteiger partial charge in [-0.05, 0) is 147 Å². The van der Waals surface area contributed by atoms with Gasteiger partial charge < -0.3 is 4.57 Å². The van der Waals surface area contributed by atoms with Gasteiger partial charge in [-0.1, -0.05) is 181 Å². The summed E-state index contributed by atoms with van der Waals surface area (Å²) in [7, 11) is 0. The molecule has 0 saturated heterocycles. The van der Waals surface area contributed by atoms with E-state index in [0.29, 0.717) is 0 Å². The zero-order valence-corrected chi connectivity index (χ0v) is 35.8. The largest absolute Gasteiger partial charge is 0.309 e. The van der Waals surface area contributed by atoms with Crippen LogP contribution < -0.4 is 0 Å². The van der Waals surface area contributed by atoms with Crippen molar-refractivity contribution in [2.24, 2.45) is 0 Å². The summed E-state index contributed by atoms with van der Waals surface area (Å²) < 4.78 is 2.39. The summed E-state index contributed by atoms with van der Waals surface area (Å²) in [5.74, 6) is 0. The molecule has 0 saturated carbocycles. The summed E-state index contributed by atoms with van der Waals surface area (Å²) in [5, 5.41) is 12.7. The van der Waals surface area contributed by atoms with Crippen LogP contribution >= 0.6 is 0 Å². The second-order valence-electron chi connectivity index (χ2n) is 19.0. The van der Waals surface area contributed by atoms with Gasteiger partial charge >= 0.3 is 0 Å². The van der Waals surface area contributed by atoms with Crippen LogP contribution in [0.5, 0.6) is 0 Å². The summed E-state index contributed by atoms with van der Waals surface area (Å²) in [5.41, 5.74) is 13.9. The van der Waals surface area contributed by atoms with Crippen LogP contribution in [0.2, 0.25) is 0 Å². The molecular formula is C60H49N. The van der Waals surface area contributed by atoms with Gasteiger partial charge in [-0.25, -0.2) is 0 Å².